The van der Waals surface area contributed by atoms with Crippen LogP contribution >= 0.6 is 0 Å². The van der Waals surface area contributed by atoms with Crippen LogP contribution in [0, 0.1) is 0 Å². The topological polar surface area (TPSA) is 133 Å². The van der Waals surface area contributed by atoms with E-state index >= 15 is 0 Å². The summed E-state index contributed by atoms with van der Waals surface area (Å²) in [5, 5.41) is 0. The maximum atomic E-state index is 10.7. The molecule has 0 spiro atoms. The lowest BCUT2D eigenvalue weighted by Crippen LogP contribution is -2.28. The van der Waals surface area contributed by atoms with Gasteiger partial charge in [-0.05, 0) is 18.2 Å². The summed E-state index contributed by atoms with van der Waals surface area (Å²) in [5.74, 6) is 0. The van der Waals surface area contributed by atoms with E-state index in [-0.39, 0.29) is 5.69 Å². The minimum absolute atomic E-state index is 0.0350. The molecule has 1 rings (SSSR count). The molecule has 10 heteroatoms. The lowest BCUT2D eigenvalue weighted by molar-refractivity contribution is 0.473. The molecule has 0 saturated heterocycles. The van der Waals surface area contributed by atoms with Crippen LogP contribution in [0.1, 0.15) is 0 Å². The van der Waals surface area contributed by atoms with Crippen LogP contribution in [-0.4, -0.2) is 25.9 Å². The van der Waals surface area contributed by atoms with Crippen LogP contribution in [0.4, 0.5) is 5.69 Å². The Kier molecular flexibility index (Phi) is 3.50. The second-order valence-corrected chi connectivity index (χ2v) is 5.28. The highest BCUT2D eigenvalue weighted by molar-refractivity contribution is 7.85. The average molecular weight is 268 g/mol. The van der Waals surface area contributed by atoms with Crippen LogP contribution in [0.2, 0.25) is 0 Å². The zero-order valence-electron chi connectivity index (χ0n) is 7.65. The summed E-state index contributed by atoms with van der Waals surface area (Å²) >= 11 is 0. The van der Waals surface area contributed by atoms with E-state index in [0.717, 1.165) is 12.1 Å². The molecule has 0 radical (unpaired) electrons. The standard InChI is InChI=1S/C6H8N2O6S2/c9-15(10,11)6-3-1-2-5(4-6)7-8-16(12,13)14/h1-4,7-8H,(H,9,10,11)(H,12,13,14). The molecule has 0 saturated carbocycles. The Bertz CT molecular complexity index is 579. The molecule has 0 aromatic heterocycles. The minimum atomic E-state index is -4.44. The molecule has 4 N–H and O–H groups in total. The molecule has 0 atom stereocenters. The van der Waals surface area contributed by atoms with Gasteiger partial charge in [0.25, 0.3) is 10.1 Å². The summed E-state index contributed by atoms with van der Waals surface area (Å²) in [6.45, 7) is 0. The summed E-state index contributed by atoms with van der Waals surface area (Å²) in [4.78, 5) is 1.11. The summed E-state index contributed by atoms with van der Waals surface area (Å²) in [7, 11) is -8.80. The molecule has 0 bridgehead atoms. The van der Waals surface area contributed by atoms with E-state index in [1.54, 1.807) is 0 Å². The fourth-order valence-electron chi connectivity index (χ4n) is 0.858. The maximum absolute atomic E-state index is 10.7. The largest absolute Gasteiger partial charge is 0.350 e. The number of hydrazine groups is 1. The molecular formula is C6H8N2O6S2. The van der Waals surface area contributed by atoms with E-state index in [1.165, 1.54) is 17.0 Å². The molecule has 8 nitrogen and oxygen atoms in total. The molecule has 0 heterocycles. The molecular weight excluding hydrogens is 260 g/mol. The maximum Gasteiger partial charge on any atom is 0.350 e. The van der Waals surface area contributed by atoms with E-state index < -0.39 is 25.3 Å². The lowest BCUT2D eigenvalue weighted by atomic mass is 10.3. The van der Waals surface area contributed by atoms with Crippen molar-refractivity contribution in [2.75, 3.05) is 5.43 Å². The van der Waals surface area contributed by atoms with Crippen LogP contribution in [0.3, 0.4) is 0 Å². The number of nitrogens with one attached hydrogen (secondary N) is 2. The predicted molar refractivity (Wildman–Crippen MR) is 54.6 cm³/mol. The Morgan fingerprint density at radius 3 is 2.19 bits per heavy atom. The van der Waals surface area contributed by atoms with Gasteiger partial charge in [0.05, 0.1) is 10.6 Å². The van der Waals surface area contributed by atoms with Crippen LogP contribution in [0.15, 0.2) is 29.2 Å². The van der Waals surface area contributed by atoms with E-state index in [0.29, 0.717) is 0 Å². The molecule has 90 valence electrons. The molecule has 0 aliphatic rings. The number of hydrogen-bond donors (Lipinski definition) is 4. The van der Waals surface area contributed by atoms with E-state index in [2.05, 4.69) is 0 Å². The first-order valence-electron chi connectivity index (χ1n) is 3.76. The molecule has 16 heavy (non-hydrogen) atoms. The quantitative estimate of drug-likeness (QED) is 0.433. The Hall–Kier alpha value is -1.20. The number of anilines is 1. The van der Waals surface area contributed by atoms with Crippen LogP contribution in [0.25, 0.3) is 0 Å². The molecule has 0 unspecified atom stereocenters. The van der Waals surface area contributed by atoms with Crippen molar-refractivity contribution >= 4 is 26.1 Å². The predicted octanol–water partition coefficient (Wildman–Crippen LogP) is -0.347. The van der Waals surface area contributed by atoms with Crippen molar-refractivity contribution in [3.05, 3.63) is 24.3 Å². The van der Waals surface area contributed by atoms with Gasteiger partial charge >= 0.3 is 10.3 Å². The Balaban J connectivity index is 2.92. The molecule has 0 aliphatic heterocycles. The smallest absolute Gasteiger partial charge is 0.306 e. The monoisotopic (exact) mass is 268 g/mol. The van der Waals surface area contributed by atoms with Crippen LogP contribution in [0.5, 0.6) is 0 Å². The third-order valence-corrected chi connectivity index (χ3v) is 2.67. The normalized spacial score (nSPS) is 12.4. The van der Waals surface area contributed by atoms with Gasteiger partial charge < -0.3 is 5.43 Å². The van der Waals surface area contributed by atoms with Gasteiger partial charge in [0.1, 0.15) is 0 Å². The number of benzene rings is 1. The Morgan fingerprint density at radius 2 is 1.69 bits per heavy atom. The first-order chi connectivity index (χ1) is 7.18. The lowest BCUT2D eigenvalue weighted by Gasteiger charge is -2.06. The summed E-state index contributed by atoms with van der Waals surface area (Å²) in [5.41, 5.74) is 2.07. The Morgan fingerprint density at radius 1 is 1.06 bits per heavy atom. The van der Waals surface area contributed by atoms with Gasteiger partial charge in [0.2, 0.25) is 0 Å². The van der Waals surface area contributed by atoms with E-state index in [9.17, 15) is 16.8 Å². The van der Waals surface area contributed by atoms with Crippen molar-refractivity contribution in [2.45, 2.75) is 4.90 Å². The van der Waals surface area contributed by atoms with Crippen molar-refractivity contribution in [3.8, 4) is 0 Å². The van der Waals surface area contributed by atoms with Crippen molar-refractivity contribution < 1.29 is 25.9 Å². The zero-order chi connectivity index (χ0) is 12.4. The van der Waals surface area contributed by atoms with Crippen molar-refractivity contribution in [1.29, 1.82) is 0 Å². The highest BCUT2D eigenvalue weighted by Crippen LogP contribution is 2.14. The van der Waals surface area contributed by atoms with E-state index in [1.807, 2.05) is 5.43 Å². The summed E-state index contributed by atoms with van der Waals surface area (Å²) < 4.78 is 59.1. The molecule has 0 amide bonds. The first kappa shape index (κ1) is 12.9. The van der Waals surface area contributed by atoms with Gasteiger partial charge in [-0.15, -0.1) is 4.83 Å². The number of hydrogen-bond acceptors (Lipinski definition) is 5. The SMILES string of the molecule is O=S(=O)(O)NNc1cccc(S(=O)(=O)O)c1. The molecule has 1 aromatic rings. The summed E-state index contributed by atoms with van der Waals surface area (Å²) in [6.07, 6.45) is 0. The minimum Gasteiger partial charge on any atom is -0.306 e. The fourth-order valence-corrected chi connectivity index (χ4v) is 1.63. The van der Waals surface area contributed by atoms with Crippen molar-refractivity contribution in [1.82, 2.24) is 4.83 Å². The molecule has 1 aromatic carbocycles. The second kappa shape index (κ2) is 4.35. The van der Waals surface area contributed by atoms with Gasteiger partial charge in [-0.25, -0.2) is 0 Å². The third kappa shape index (κ3) is 4.12. The fraction of sp³-hybridized carbons (Fsp3) is 0. The number of rotatable bonds is 4. The average Bonchev–Trinajstić information content (AvgIpc) is 2.13. The van der Waals surface area contributed by atoms with E-state index in [4.69, 9.17) is 9.11 Å². The first-order valence-corrected chi connectivity index (χ1v) is 6.64. The van der Waals surface area contributed by atoms with Gasteiger partial charge in [-0.2, -0.15) is 16.8 Å². The van der Waals surface area contributed by atoms with Crippen molar-refractivity contribution in [2.24, 2.45) is 0 Å². The zero-order valence-corrected chi connectivity index (χ0v) is 9.29. The van der Waals surface area contributed by atoms with Crippen LogP contribution in [-0.2, 0) is 20.4 Å². The van der Waals surface area contributed by atoms with Gasteiger partial charge in [-0.3, -0.25) is 9.11 Å². The highest BCUT2D eigenvalue weighted by Gasteiger charge is 2.10. The highest BCUT2D eigenvalue weighted by atomic mass is 32.2. The van der Waals surface area contributed by atoms with Crippen LogP contribution < -0.4 is 10.3 Å². The van der Waals surface area contributed by atoms with Gasteiger partial charge in [-0.1, -0.05) is 6.07 Å². The van der Waals surface area contributed by atoms with Crippen molar-refractivity contribution in [3.63, 3.8) is 0 Å². The van der Waals surface area contributed by atoms with Gasteiger partial charge in [0, 0.05) is 0 Å². The molecule has 0 fully saturated rings. The summed E-state index contributed by atoms with van der Waals surface area (Å²) in [6, 6.07) is 4.70. The second-order valence-electron chi connectivity index (χ2n) is 2.71. The third-order valence-electron chi connectivity index (χ3n) is 1.46. The molecule has 0 aliphatic carbocycles. The Labute approximate surface area is 91.9 Å². The van der Waals surface area contributed by atoms with Gasteiger partial charge in [0.15, 0.2) is 0 Å².